The molecule has 0 bridgehead atoms. The fraction of sp³-hybridized carbons (Fsp3) is 0.889. The maximum absolute atomic E-state index is 11.3. The van der Waals surface area contributed by atoms with Crippen molar-refractivity contribution in [3.8, 4) is 0 Å². The van der Waals surface area contributed by atoms with Crippen molar-refractivity contribution in [3.63, 3.8) is 0 Å². The van der Waals surface area contributed by atoms with Crippen molar-refractivity contribution >= 4 is 5.91 Å². The first kappa shape index (κ1) is 12.4. The summed E-state index contributed by atoms with van der Waals surface area (Å²) < 4.78 is 0. The highest BCUT2D eigenvalue weighted by Gasteiger charge is 2.24. The average Bonchev–Trinajstić information content (AvgIpc) is 2.04. The van der Waals surface area contributed by atoms with Crippen LogP contribution in [-0.4, -0.2) is 29.2 Å². The maximum atomic E-state index is 11.3. The first-order valence-electron chi connectivity index (χ1n) is 4.63. The highest BCUT2D eigenvalue weighted by molar-refractivity contribution is 5.81. The zero-order valence-corrected chi connectivity index (χ0v) is 8.63. The molecule has 0 aromatic carbocycles. The Morgan fingerprint density at radius 1 is 1.69 bits per heavy atom. The van der Waals surface area contributed by atoms with Crippen LogP contribution in [0.5, 0.6) is 0 Å². The second kappa shape index (κ2) is 5.19. The highest BCUT2D eigenvalue weighted by atomic mass is 16.3. The number of nitrogens with one attached hydrogen (secondary N) is 1. The van der Waals surface area contributed by atoms with Crippen molar-refractivity contribution in [2.75, 3.05) is 6.61 Å². The Morgan fingerprint density at radius 3 is 2.54 bits per heavy atom. The van der Waals surface area contributed by atoms with Gasteiger partial charge in [-0.3, -0.25) is 4.79 Å². The molecule has 0 spiro atoms. The Morgan fingerprint density at radius 2 is 2.23 bits per heavy atom. The van der Waals surface area contributed by atoms with Crippen LogP contribution in [0.1, 0.15) is 33.6 Å². The first-order valence-corrected chi connectivity index (χ1v) is 4.63. The van der Waals surface area contributed by atoms with Crippen LogP contribution in [0.25, 0.3) is 0 Å². The minimum absolute atomic E-state index is 0.0730. The SMILES string of the molecule is CCC(C)(CCO)NC(=O)C(C)N. The lowest BCUT2D eigenvalue weighted by Gasteiger charge is -2.29. The van der Waals surface area contributed by atoms with E-state index in [1.165, 1.54) is 0 Å². The molecule has 0 aromatic heterocycles. The minimum Gasteiger partial charge on any atom is -0.396 e. The fourth-order valence-corrected chi connectivity index (χ4v) is 0.986. The molecule has 4 N–H and O–H groups in total. The molecule has 0 heterocycles. The standard InChI is InChI=1S/C9H20N2O2/c1-4-9(3,5-6-12)11-8(13)7(2)10/h7,12H,4-6,10H2,1-3H3,(H,11,13). The van der Waals surface area contributed by atoms with Gasteiger partial charge < -0.3 is 16.2 Å². The van der Waals surface area contributed by atoms with Crippen LogP contribution in [0.4, 0.5) is 0 Å². The second-order valence-electron chi connectivity index (χ2n) is 3.67. The topological polar surface area (TPSA) is 75.3 Å². The van der Waals surface area contributed by atoms with Gasteiger partial charge in [0.05, 0.1) is 6.04 Å². The molecule has 0 fully saturated rings. The van der Waals surface area contributed by atoms with E-state index in [4.69, 9.17) is 10.8 Å². The van der Waals surface area contributed by atoms with Gasteiger partial charge in [0.1, 0.15) is 0 Å². The number of hydrogen-bond acceptors (Lipinski definition) is 3. The molecule has 13 heavy (non-hydrogen) atoms. The smallest absolute Gasteiger partial charge is 0.237 e. The van der Waals surface area contributed by atoms with E-state index in [1.807, 2.05) is 13.8 Å². The maximum Gasteiger partial charge on any atom is 0.237 e. The van der Waals surface area contributed by atoms with Crippen molar-refractivity contribution in [3.05, 3.63) is 0 Å². The molecule has 78 valence electrons. The molecular formula is C9H20N2O2. The van der Waals surface area contributed by atoms with Gasteiger partial charge in [0, 0.05) is 12.1 Å². The minimum atomic E-state index is -0.496. The zero-order chi connectivity index (χ0) is 10.5. The Balaban J connectivity index is 4.18. The summed E-state index contributed by atoms with van der Waals surface area (Å²) >= 11 is 0. The Kier molecular flexibility index (Phi) is 4.95. The quantitative estimate of drug-likeness (QED) is 0.568. The molecule has 0 saturated carbocycles. The van der Waals surface area contributed by atoms with Gasteiger partial charge in [-0.05, 0) is 26.7 Å². The number of carbonyl (C=O) groups excluding carboxylic acids is 1. The summed E-state index contributed by atoms with van der Waals surface area (Å²) in [7, 11) is 0. The molecular weight excluding hydrogens is 168 g/mol. The number of amides is 1. The van der Waals surface area contributed by atoms with Gasteiger partial charge in [-0.25, -0.2) is 0 Å². The van der Waals surface area contributed by atoms with Gasteiger partial charge in [0.15, 0.2) is 0 Å². The summed E-state index contributed by atoms with van der Waals surface area (Å²) in [5.74, 6) is -0.169. The normalized spacial score (nSPS) is 17.6. The lowest BCUT2D eigenvalue weighted by atomic mass is 9.94. The number of nitrogens with two attached hydrogens (primary N) is 1. The first-order chi connectivity index (χ1) is 5.95. The molecule has 0 aromatic rings. The molecule has 2 unspecified atom stereocenters. The van der Waals surface area contributed by atoms with E-state index in [1.54, 1.807) is 6.92 Å². The fourth-order valence-electron chi connectivity index (χ4n) is 0.986. The van der Waals surface area contributed by atoms with E-state index in [2.05, 4.69) is 5.32 Å². The van der Waals surface area contributed by atoms with E-state index in [0.29, 0.717) is 6.42 Å². The second-order valence-corrected chi connectivity index (χ2v) is 3.67. The predicted molar refractivity (Wildman–Crippen MR) is 52.2 cm³/mol. The number of aliphatic hydroxyl groups is 1. The molecule has 0 rings (SSSR count). The molecule has 0 saturated heterocycles. The lowest BCUT2D eigenvalue weighted by molar-refractivity contribution is -0.124. The van der Waals surface area contributed by atoms with Crippen LogP contribution in [-0.2, 0) is 4.79 Å². The van der Waals surface area contributed by atoms with Gasteiger partial charge in [-0.15, -0.1) is 0 Å². The molecule has 2 atom stereocenters. The summed E-state index contributed by atoms with van der Waals surface area (Å²) in [5, 5.41) is 11.6. The van der Waals surface area contributed by atoms with Crippen molar-refractivity contribution < 1.29 is 9.90 Å². The third-order valence-electron chi connectivity index (χ3n) is 2.28. The molecule has 1 amide bonds. The lowest BCUT2D eigenvalue weighted by Crippen LogP contribution is -2.51. The van der Waals surface area contributed by atoms with E-state index in [9.17, 15) is 4.79 Å². The van der Waals surface area contributed by atoms with Crippen molar-refractivity contribution in [2.24, 2.45) is 5.73 Å². The molecule has 0 aliphatic carbocycles. The summed E-state index contributed by atoms with van der Waals surface area (Å²) in [5.41, 5.74) is 5.09. The predicted octanol–water partition coefficient (Wildman–Crippen LogP) is 0.000900. The van der Waals surface area contributed by atoms with Crippen LogP contribution in [0, 0.1) is 0 Å². The summed E-state index contributed by atoms with van der Waals surface area (Å²) in [6, 6.07) is -0.496. The number of aliphatic hydroxyl groups excluding tert-OH is 1. The Labute approximate surface area is 79.5 Å². The van der Waals surface area contributed by atoms with Crippen molar-refractivity contribution in [1.82, 2.24) is 5.32 Å². The average molecular weight is 188 g/mol. The molecule has 0 aliphatic rings. The number of rotatable bonds is 5. The van der Waals surface area contributed by atoms with Gasteiger partial charge in [-0.1, -0.05) is 6.92 Å². The molecule has 0 aliphatic heterocycles. The number of hydrogen-bond donors (Lipinski definition) is 3. The van der Waals surface area contributed by atoms with Crippen LogP contribution in [0.3, 0.4) is 0 Å². The molecule has 4 heteroatoms. The van der Waals surface area contributed by atoms with Crippen molar-refractivity contribution in [2.45, 2.75) is 45.2 Å². The van der Waals surface area contributed by atoms with Crippen LogP contribution in [0.2, 0.25) is 0 Å². The third kappa shape index (κ3) is 4.24. The highest BCUT2D eigenvalue weighted by Crippen LogP contribution is 2.13. The van der Waals surface area contributed by atoms with E-state index in [0.717, 1.165) is 6.42 Å². The van der Waals surface area contributed by atoms with Crippen molar-refractivity contribution in [1.29, 1.82) is 0 Å². The van der Waals surface area contributed by atoms with Gasteiger partial charge in [0.2, 0.25) is 5.91 Å². The molecule has 0 radical (unpaired) electrons. The van der Waals surface area contributed by atoms with E-state index >= 15 is 0 Å². The van der Waals surface area contributed by atoms with Gasteiger partial charge in [0.25, 0.3) is 0 Å². The number of carbonyl (C=O) groups is 1. The van der Waals surface area contributed by atoms with Gasteiger partial charge in [-0.2, -0.15) is 0 Å². The van der Waals surface area contributed by atoms with Gasteiger partial charge >= 0.3 is 0 Å². The largest absolute Gasteiger partial charge is 0.396 e. The summed E-state index contributed by atoms with van der Waals surface area (Å²) in [6.07, 6.45) is 1.34. The molecule has 4 nitrogen and oxygen atoms in total. The third-order valence-corrected chi connectivity index (χ3v) is 2.28. The Bertz CT molecular complexity index is 171. The Hall–Kier alpha value is -0.610. The monoisotopic (exact) mass is 188 g/mol. The zero-order valence-electron chi connectivity index (χ0n) is 8.63. The van der Waals surface area contributed by atoms with Crippen LogP contribution < -0.4 is 11.1 Å². The van der Waals surface area contributed by atoms with E-state index in [-0.39, 0.29) is 18.1 Å². The summed E-state index contributed by atoms with van der Waals surface area (Å²) in [4.78, 5) is 11.3. The van der Waals surface area contributed by atoms with Crippen LogP contribution >= 0.6 is 0 Å². The van der Waals surface area contributed by atoms with Crippen LogP contribution in [0.15, 0.2) is 0 Å². The van der Waals surface area contributed by atoms with E-state index < -0.39 is 6.04 Å². The summed E-state index contributed by atoms with van der Waals surface area (Å²) in [6.45, 7) is 5.59.